The van der Waals surface area contributed by atoms with Crippen molar-refractivity contribution in [3.8, 4) is 11.1 Å². The Morgan fingerprint density at radius 3 is 2.24 bits per heavy atom. The molecule has 0 radical (unpaired) electrons. The summed E-state index contributed by atoms with van der Waals surface area (Å²) < 4.78 is 32.0. The molecule has 0 aromatic heterocycles. The van der Waals surface area contributed by atoms with Gasteiger partial charge in [-0.25, -0.2) is 13.6 Å². The van der Waals surface area contributed by atoms with E-state index in [9.17, 15) is 18.7 Å². The summed E-state index contributed by atoms with van der Waals surface area (Å²) in [5.74, 6) is -1.68. The molecule has 1 atom stereocenters. The Hall–Kier alpha value is -3.25. The van der Waals surface area contributed by atoms with Crippen LogP contribution < -0.4 is 5.32 Å². The van der Waals surface area contributed by atoms with Crippen molar-refractivity contribution in [2.45, 2.75) is 12.0 Å². The van der Waals surface area contributed by atoms with Gasteiger partial charge in [-0.15, -0.1) is 0 Å². The van der Waals surface area contributed by atoms with E-state index in [4.69, 9.17) is 4.74 Å². The number of carbonyl (C=O) groups is 1. The maximum Gasteiger partial charge on any atom is 0.407 e. The van der Waals surface area contributed by atoms with Crippen molar-refractivity contribution in [1.82, 2.24) is 5.32 Å². The van der Waals surface area contributed by atoms with Gasteiger partial charge in [0, 0.05) is 17.5 Å². The van der Waals surface area contributed by atoms with E-state index in [0.29, 0.717) is 6.07 Å². The number of hydrogen-bond donors (Lipinski definition) is 2. The summed E-state index contributed by atoms with van der Waals surface area (Å²) in [6.45, 7) is -0.111. The van der Waals surface area contributed by atoms with Crippen LogP contribution in [0.5, 0.6) is 0 Å². The molecule has 3 aromatic rings. The second-order valence-corrected chi connectivity index (χ2v) is 6.89. The van der Waals surface area contributed by atoms with E-state index in [2.05, 4.69) is 5.32 Å². The normalized spacial score (nSPS) is 13.5. The van der Waals surface area contributed by atoms with E-state index >= 15 is 0 Å². The van der Waals surface area contributed by atoms with E-state index < -0.39 is 23.8 Å². The van der Waals surface area contributed by atoms with Crippen LogP contribution in [0.25, 0.3) is 11.1 Å². The summed E-state index contributed by atoms with van der Waals surface area (Å²) in [5, 5.41) is 12.5. The molecule has 3 aromatic carbocycles. The first-order valence-electron chi connectivity index (χ1n) is 9.26. The van der Waals surface area contributed by atoms with Crippen LogP contribution in [0.3, 0.4) is 0 Å². The van der Waals surface area contributed by atoms with Crippen LogP contribution >= 0.6 is 0 Å². The lowest BCUT2D eigenvalue weighted by molar-refractivity contribution is 0.127. The highest BCUT2D eigenvalue weighted by molar-refractivity contribution is 5.79. The molecule has 0 saturated heterocycles. The summed E-state index contributed by atoms with van der Waals surface area (Å²) in [6.07, 6.45) is -2.02. The number of halogens is 2. The molecule has 6 heteroatoms. The highest BCUT2D eigenvalue weighted by atomic mass is 19.1. The second-order valence-electron chi connectivity index (χ2n) is 6.89. The van der Waals surface area contributed by atoms with Crippen LogP contribution in [0.2, 0.25) is 0 Å². The zero-order valence-electron chi connectivity index (χ0n) is 15.4. The molecule has 0 heterocycles. The summed E-state index contributed by atoms with van der Waals surface area (Å²) in [4.78, 5) is 12.1. The number of aliphatic hydroxyl groups excluding tert-OH is 1. The third-order valence-electron chi connectivity index (χ3n) is 5.10. The lowest BCUT2D eigenvalue weighted by atomic mass is 9.98. The van der Waals surface area contributed by atoms with Crippen LogP contribution in [-0.4, -0.2) is 24.4 Å². The fourth-order valence-corrected chi connectivity index (χ4v) is 3.71. The van der Waals surface area contributed by atoms with Gasteiger partial charge in [-0.1, -0.05) is 54.6 Å². The molecule has 1 aliphatic carbocycles. The maximum absolute atomic E-state index is 13.7. The molecular formula is C23H19F2NO3. The number of rotatable bonds is 5. The molecular weight excluding hydrogens is 376 g/mol. The number of alkyl carbamates (subject to hydrolysis) is 1. The van der Waals surface area contributed by atoms with Gasteiger partial charge in [0.1, 0.15) is 18.2 Å². The van der Waals surface area contributed by atoms with E-state index in [-0.39, 0.29) is 24.6 Å². The first kappa shape index (κ1) is 19.1. The van der Waals surface area contributed by atoms with Gasteiger partial charge in [-0.2, -0.15) is 0 Å². The molecule has 148 valence electrons. The van der Waals surface area contributed by atoms with E-state index in [1.165, 1.54) is 0 Å². The van der Waals surface area contributed by atoms with Gasteiger partial charge in [0.2, 0.25) is 0 Å². The number of hydrogen-bond acceptors (Lipinski definition) is 3. The molecule has 0 saturated carbocycles. The minimum absolute atomic E-state index is 0.0763. The van der Waals surface area contributed by atoms with E-state index in [1.807, 2.05) is 48.5 Å². The molecule has 0 bridgehead atoms. The summed E-state index contributed by atoms with van der Waals surface area (Å²) >= 11 is 0. The van der Waals surface area contributed by atoms with Gasteiger partial charge in [0.15, 0.2) is 0 Å². The van der Waals surface area contributed by atoms with Crippen molar-refractivity contribution in [2.75, 3.05) is 13.2 Å². The lowest BCUT2D eigenvalue weighted by Gasteiger charge is -2.16. The highest BCUT2D eigenvalue weighted by Gasteiger charge is 2.29. The monoisotopic (exact) mass is 395 g/mol. The van der Waals surface area contributed by atoms with Crippen LogP contribution in [0.1, 0.15) is 28.7 Å². The Kier molecular flexibility index (Phi) is 5.27. The standard InChI is InChI=1S/C23H19F2NO3/c24-14-9-10-19(21(25)11-14)22(27)12-26-23(28)29-13-20-17-7-3-1-5-15(17)16-6-2-4-8-18(16)20/h1-11,20,22,27H,12-13H2,(H,26,28). The van der Waals surface area contributed by atoms with Crippen molar-refractivity contribution < 1.29 is 23.4 Å². The van der Waals surface area contributed by atoms with Gasteiger partial charge >= 0.3 is 6.09 Å². The Balaban J connectivity index is 1.38. The quantitative estimate of drug-likeness (QED) is 0.667. The third kappa shape index (κ3) is 3.84. The predicted octanol–water partition coefficient (Wildman–Crippen LogP) is 4.54. The van der Waals surface area contributed by atoms with Crippen molar-refractivity contribution in [3.05, 3.63) is 95.1 Å². The SMILES string of the molecule is O=C(NCC(O)c1ccc(F)cc1F)OCC1c2ccccc2-c2ccccc21. The summed E-state index contributed by atoms with van der Waals surface area (Å²) in [7, 11) is 0. The van der Waals surface area contributed by atoms with Gasteiger partial charge in [0.05, 0.1) is 12.6 Å². The molecule has 0 spiro atoms. The first-order chi connectivity index (χ1) is 14.0. The van der Waals surface area contributed by atoms with Gasteiger partial charge in [-0.05, 0) is 28.3 Å². The molecule has 0 fully saturated rings. The molecule has 0 aliphatic heterocycles. The Morgan fingerprint density at radius 2 is 1.62 bits per heavy atom. The average molecular weight is 395 g/mol. The minimum Gasteiger partial charge on any atom is -0.449 e. The Morgan fingerprint density at radius 1 is 1.00 bits per heavy atom. The molecule has 2 N–H and O–H groups in total. The topological polar surface area (TPSA) is 58.6 Å². The second kappa shape index (κ2) is 8.01. The van der Waals surface area contributed by atoms with Gasteiger partial charge in [0.25, 0.3) is 0 Å². The molecule has 4 rings (SSSR count). The molecule has 1 unspecified atom stereocenters. The van der Waals surface area contributed by atoms with Gasteiger partial charge in [-0.3, -0.25) is 0 Å². The number of amides is 1. The smallest absolute Gasteiger partial charge is 0.407 e. The lowest BCUT2D eigenvalue weighted by Crippen LogP contribution is -2.30. The summed E-state index contributed by atoms with van der Waals surface area (Å²) in [6, 6.07) is 18.9. The zero-order chi connectivity index (χ0) is 20.4. The van der Waals surface area contributed by atoms with Crippen LogP contribution in [0.15, 0.2) is 66.7 Å². The number of carbonyl (C=O) groups excluding carboxylic acids is 1. The number of benzene rings is 3. The molecule has 29 heavy (non-hydrogen) atoms. The van der Waals surface area contributed by atoms with Gasteiger partial charge < -0.3 is 15.2 Å². The number of nitrogens with one attached hydrogen (secondary N) is 1. The summed E-state index contributed by atoms with van der Waals surface area (Å²) in [5.41, 5.74) is 4.34. The largest absolute Gasteiger partial charge is 0.449 e. The molecule has 4 nitrogen and oxygen atoms in total. The fourth-order valence-electron chi connectivity index (χ4n) is 3.71. The third-order valence-corrected chi connectivity index (χ3v) is 5.10. The Labute approximate surface area is 166 Å². The van der Waals surface area contributed by atoms with Crippen LogP contribution in [0, 0.1) is 11.6 Å². The maximum atomic E-state index is 13.7. The highest BCUT2D eigenvalue weighted by Crippen LogP contribution is 2.44. The van der Waals surface area contributed by atoms with Crippen LogP contribution in [0.4, 0.5) is 13.6 Å². The van der Waals surface area contributed by atoms with Crippen molar-refractivity contribution in [1.29, 1.82) is 0 Å². The zero-order valence-corrected chi connectivity index (χ0v) is 15.4. The molecule has 1 amide bonds. The van der Waals surface area contributed by atoms with Crippen molar-refractivity contribution in [3.63, 3.8) is 0 Å². The van der Waals surface area contributed by atoms with E-state index in [1.54, 1.807) is 0 Å². The van der Waals surface area contributed by atoms with Crippen molar-refractivity contribution in [2.24, 2.45) is 0 Å². The number of fused-ring (bicyclic) bond motifs is 3. The minimum atomic E-state index is -1.31. The van der Waals surface area contributed by atoms with E-state index in [0.717, 1.165) is 34.4 Å². The number of aliphatic hydroxyl groups is 1. The van der Waals surface area contributed by atoms with Crippen molar-refractivity contribution >= 4 is 6.09 Å². The first-order valence-corrected chi connectivity index (χ1v) is 9.26. The number of ether oxygens (including phenoxy) is 1. The molecule has 1 aliphatic rings. The Bertz CT molecular complexity index is 1010. The predicted molar refractivity (Wildman–Crippen MR) is 104 cm³/mol. The van der Waals surface area contributed by atoms with Crippen LogP contribution in [-0.2, 0) is 4.74 Å². The average Bonchev–Trinajstić information content (AvgIpc) is 3.04. The fraction of sp³-hybridized carbons (Fsp3) is 0.174.